The summed E-state index contributed by atoms with van der Waals surface area (Å²) in [6.07, 6.45) is 2.81. The van der Waals surface area contributed by atoms with Crippen molar-refractivity contribution in [1.82, 2.24) is 4.98 Å². The summed E-state index contributed by atoms with van der Waals surface area (Å²) in [4.78, 5) is 4.23. The molecule has 2 nitrogen and oxygen atoms in total. The normalized spacial score (nSPS) is 15.1. The molecule has 3 rings (SSSR count). The van der Waals surface area contributed by atoms with E-state index in [4.69, 9.17) is 16.3 Å². The molecule has 0 atom stereocenters. The molecule has 1 heterocycles. The molecule has 1 fully saturated rings. The number of ether oxygens (including phenoxy) is 1. The second-order valence-corrected chi connectivity index (χ2v) is 5.06. The fourth-order valence-corrected chi connectivity index (χ4v) is 2.39. The molecule has 82 valence electrons. The molecular weight excluding hydrogens is 242 g/mol. The van der Waals surface area contributed by atoms with E-state index >= 15 is 0 Å². The fourth-order valence-electron chi connectivity index (χ4n) is 1.44. The summed E-state index contributed by atoms with van der Waals surface area (Å²) in [5, 5.41) is 3.34. The van der Waals surface area contributed by atoms with Crippen molar-refractivity contribution in [1.29, 1.82) is 0 Å². The molecule has 1 aliphatic carbocycles. The molecule has 0 saturated heterocycles. The van der Waals surface area contributed by atoms with Crippen LogP contribution in [-0.4, -0.2) is 11.1 Å². The first-order valence-electron chi connectivity index (χ1n) is 5.19. The number of nitrogens with zero attached hydrogens (tertiary/aromatic N) is 1. The molecule has 4 heteroatoms. The van der Waals surface area contributed by atoms with E-state index in [-0.39, 0.29) is 0 Å². The Morgan fingerprint density at radius 3 is 2.56 bits per heavy atom. The lowest BCUT2D eigenvalue weighted by Gasteiger charge is -2.04. The van der Waals surface area contributed by atoms with Gasteiger partial charge in [-0.25, -0.2) is 4.98 Å². The van der Waals surface area contributed by atoms with Gasteiger partial charge in [-0.15, -0.1) is 11.3 Å². The summed E-state index contributed by atoms with van der Waals surface area (Å²) < 4.78 is 5.68. The maximum atomic E-state index is 5.79. The van der Waals surface area contributed by atoms with Crippen LogP contribution in [0.2, 0.25) is 5.15 Å². The van der Waals surface area contributed by atoms with Crippen LogP contribution in [0.3, 0.4) is 0 Å². The molecule has 1 aromatic carbocycles. The average Bonchev–Trinajstić information content (AvgIpc) is 3.00. The molecule has 0 radical (unpaired) electrons. The van der Waals surface area contributed by atoms with E-state index < -0.39 is 0 Å². The van der Waals surface area contributed by atoms with E-state index in [1.54, 1.807) is 11.3 Å². The lowest BCUT2D eigenvalue weighted by atomic mass is 10.2. The monoisotopic (exact) mass is 251 g/mol. The number of thiazole rings is 1. The average molecular weight is 252 g/mol. The van der Waals surface area contributed by atoms with Gasteiger partial charge in [0.2, 0.25) is 0 Å². The van der Waals surface area contributed by atoms with Crippen LogP contribution in [0.25, 0.3) is 10.6 Å². The Labute approximate surface area is 103 Å². The number of aromatic nitrogens is 1. The molecule has 0 aliphatic heterocycles. The Bertz CT molecular complexity index is 490. The SMILES string of the molecule is Clc1csc(-c2ccc(OC3CC3)cc2)n1. The fraction of sp³-hybridized carbons (Fsp3) is 0.250. The standard InChI is InChI=1S/C12H10ClNOS/c13-11-7-16-12(14-11)8-1-3-9(4-2-8)15-10-5-6-10/h1-4,7,10H,5-6H2. The van der Waals surface area contributed by atoms with Gasteiger partial charge in [0.25, 0.3) is 0 Å². The van der Waals surface area contributed by atoms with Gasteiger partial charge in [0.15, 0.2) is 0 Å². The quantitative estimate of drug-likeness (QED) is 0.823. The smallest absolute Gasteiger partial charge is 0.140 e. The minimum Gasteiger partial charge on any atom is -0.490 e. The first kappa shape index (κ1) is 10.1. The zero-order valence-corrected chi connectivity index (χ0v) is 10.1. The van der Waals surface area contributed by atoms with Crippen LogP contribution < -0.4 is 4.74 Å². The molecule has 0 unspecified atom stereocenters. The lowest BCUT2D eigenvalue weighted by Crippen LogP contribution is -1.94. The minimum atomic E-state index is 0.445. The molecule has 2 aromatic rings. The summed E-state index contributed by atoms with van der Waals surface area (Å²) in [5.41, 5.74) is 1.08. The van der Waals surface area contributed by atoms with Crippen LogP contribution in [0.15, 0.2) is 29.6 Å². The molecule has 1 saturated carbocycles. The summed E-state index contributed by atoms with van der Waals surface area (Å²) >= 11 is 7.34. The van der Waals surface area contributed by atoms with Gasteiger partial charge in [-0.3, -0.25) is 0 Å². The molecule has 1 aromatic heterocycles. The molecular formula is C12H10ClNOS. The molecule has 0 amide bonds. The number of halogens is 1. The maximum absolute atomic E-state index is 5.79. The number of hydrogen-bond acceptors (Lipinski definition) is 3. The summed E-state index contributed by atoms with van der Waals surface area (Å²) in [6.45, 7) is 0. The first-order chi connectivity index (χ1) is 7.81. The molecule has 0 N–H and O–H groups in total. The highest BCUT2D eigenvalue weighted by atomic mass is 35.5. The highest BCUT2D eigenvalue weighted by molar-refractivity contribution is 7.13. The maximum Gasteiger partial charge on any atom is 0.140 e. The van der Waals surface area contributed by atoms with E-state index in [0.717, 1.165) is 16.3 Å². The first-order valence-corrected chi connectivity index (χ1v) is 6.45. The van der Waals surface area contributed by atoms with Crippen molar-refractivity contribution in [2.24, 2.45) is 0 Å². The second-order valence-electron chi connectivity index (χ2n) is 3.82. The third-order valence-corrected chi connectivity index (χ3v) is 3.62. The van der Waals surface area contributed by atoms with Gasteiger partial charge in [-0.1, -0.05) is 11.6 Å². The Kier molecular flexibility index (Phi) is 2.58. The van der Waals surface area contributed by atoms with Crippen molar-refractivity contribution in [3.63, 3.8) is 0 Å². The predicted octanol–water partition coefficient (Wildman–Crippen LogP) is 4.00. The van der Waals surface area contributed by atoms with Crippen molar-refractivity contribution in [2.45, 2.75) is 18.9 Å². The summed E-state index contributed by atoms with van der Waals surface area (Å²) in [6, 6.07) is 8.02. The van der Waals surface area contributed by atoms with Crippen molar-refractivity contribution < 1.29 is 4.74 Å². The van der Waals surface area contributed by atoms with Gasteiger partial charge >= 0.3 is 0 Å². The highest BCUT2D eigenvalue weighted by Gasteiger charge is 2.23. The zero-order valence-electron chi connectivity index (χ0n) is 8.52. The topological polar surface area (TPSA) is 22.1 Å². The summed E-state index contributed by atoms with van der Waals surface area (Å²) in [5.74, 6) is 0.939. The number of benzene rings is 1. The summed E-state index contributed by atoms with van der Waals surface area (Å²) in [7, 11) is 0. The molecule has 0 spiro atoms. The van der Waals surface area contributed by atoms with Crippen molar-refractivity contribution in [2.75, 3.05) is 0 Å². The van der Waals surface area contributed by atoms with Crippen LogP contribution in [-0.2, 0) is 0 Å². The van der Waals surface area contributed by atoms with Crippen LogP contribution in [0, 0.1) is 0 Å². The van der Waals surface area contributed by atoms with E-state index in [9.17, 15) is 0 Å². The van der Waals surface area contributed by atoms with Crippen LogP contribution >= 0.6 is 22.9 Å². The Morgan fingerprint density at radius 2 is 2.00 bits per heavy atom. The molecule has 16 heavy (non-hydrogen) atoms. The minimum absolute atomic E-state index is 0.445. The van der Waals surface area contributed by atoms with Crippen molar-refractivity contribution >= 4 is 22.9 Å². The van der Waals surface area contributed by atoms with E-state index in [0.29, 0.717) is 11.3 Å². The van der Waals surface area contributed by atoms with E-state index in [1.165, 1.54) is 12.8 Å². The largest absolute Gasteiger partial charge is 0.490 e. The van der Waals surface area contributed by atoms with Gasteiger partial charge in [-0.05, 0) is 37.1 Å². The van der Waals surface area contributed by atoms with Crippen LogP contribution in [0.1, 0.15) is 12.8 Å². The van der Waals surface area contributed by atoms with Gasteiger partial charge in [0, 0.05) is 10.9 Å². The van der Waals surface area contributed by atoms with Crippen molar-refractivity contribution in [3.05, 3.63) is 34.8 Å². The zero-order chi connectivity index (χ0) is 11.0. The second kappa shape index (κ2) is 4.07. The molecule has 1 aliphatic rings. The van der Waals surface area contributed by atoms with Gasteiger partial charge < -0.3 is 4.74 Å². The Morgan fingerprint density at radius 1 is 1.25 bits per heavy atom. The van der Waals surface area contributed by atoms with Gasteiger partial charge in [0.05, 0.1) is 6.10 Å². The van der Waals surface area contributed by atoms with Gasteiger partial charge in [0.1, 0.15) is 15.9 Å². The predicted molar refractivity (Wildman–Crippen MR) is 66.2 cm³/mol. The highest BCUT2D eigenvalue weighted by Crippen LogP contribution is 2.30. The molecule has 0 bridgehead atoms. The third kappa shape index (κ3) is 2.20. The van der Waals surface area contributed by atoms with Crippen LogP contribution in [0.4, 0.5) is 0 Å². The Balaban J connectivity index is 1.80. The third-order valence-electron chi connectivity index (χ3n) is 2.40. The van der Waals surface area contributed by atoms with E-state index in [2.05, 4.69) is 4.98 Å². The number of rotatable bonds is 3. The number of hydrogen-bond donors (Lipinski definition) is 0. The van der Waals surface area contributed by atoms with Crippen LogP contribution in [0.5, 0.6) is 5.75 Å². The lowest BCUT2D eigenvalue weighted by molar-refractivity contribution is 0.303. The Hall–Kier alpha value is -1.06. The van der Waals surface area contributed by atoms with E-state index in [1.807, 2.05) is 29.6 Å². The van der Waals surface area contributed by atoms with Gasteiger partial charge in [-0.2, -0.15) is 0 Å². The van der Waals surface area contributed by atoms with Crippen molar-refractivity contribution in [3.8, 4) is 16.3 Å².